The molecule has 4 nitrogen and oxygen atoms in total. The highest BCUT2D eigenvalue weighted by Crippen LogP contribution is 2.37. The third-order valence-electron chi connectivity index (χ3n) is 3.61. The molecule has 0 aliphatic rings. The summed E-state index contributed by atoms with van der Waals surface area (Å²) < 4.78 is 5.53. The van der Waals surface area contributed by atoms with Crippen molar-refractivity contribution in [3.8, 4) is 16.9 Å². The number of nitrogens with one attached hydrogen (secondary N) is 1. The highest BCUT2D eigenvalue weighted by atomic mass is 16.5. The molecule has 116 valence electrons. The van der Waals surface area contributed by atoms with Crippen LogP contribution in [0.15, 0.2) is 35.3 Å². The third-order valence-corrected chi connectivity index (χ3v) is 3.61. The van der Waals surface area contributed by atoms with Crippen LogP contribution in [-0.4, -0.2) is 18.4 Å². The van der Waals surface area contributed by atoms with Crippen molar-refractivity contribution in [2.45, 2.75) is 32.6 Å². The van der Waals surface area contributed by atoms with Gasteiger partial charge in [-0.2, -0.15) is 0 Å². The van der Waals surface area contributed by atoms with Crippen LogP contribution in [0.4, 0.5) is 0 Å². The molecular weight excluding hydrogens is 278 g/mol. The number of methoxy groups -OCH3 is 1. The van der Waals surface area contributed by atoms with Crippen LogP contribution in [0, 0.1) is 0 Å². The van der Waals surface area contributed by atoms with Crippen LogP contribution >= 0.6 is 0 Å². The second kappa shape index (κ2) is 6.18. The van der Waals surface area contributed by atoms with Gasteiger partial charge >= 0.3 is 0 Å². The summed E-state index contributed by atoms with van der Waals surface area (Å²) in [7, 11) is 1.61. The number of benzene rings is 1. The maximum absolute atomic E-state index is 12.0. The average Bonchev–Trinajstić information content (AvgIpc) is 2.46. The molecule has 22 heavy (non-hydrogen) atoms. The molecule has 0 spiro atoms. The Bertz CT molecular complexity index is 739. The number of pyridine rings is 1. The van der Waals surface area contributed by atoms with E-state index in [1.807, 2.05) is 12.1 Å². The summed E-state index contributed by atoms with van der Waals surface area (Å²) in [4.78, 5) is 25.7. The predicted octanol–water partition coefficient (Wildman–Crippen LogP) is 3.09. The summed E-state index contributed by atoms with van der Waals surface area (Å²) in [6.07, 6.45) is 2.71. The molecule has 0 fully saturated rings. The fourth-order valence-electron chi connectivity index (χ4n) is 2.53. The molecule has 0 saturated carbocycles. The highest BCUT2D eigenvalue weighted by Gasteiger charge is 2.23. The number of carbonyl (C=O) groups excluding carboxylic acids is 1. The van der Waals surface area contributed by atoms with Crippen LogP contribution in [0.25, 0.3) is 11.1 Å². The van der Waals surface area contributed by atoms with E-state index in [9.17, 15) is 9.59 Å². The van der Waals surface area contributed by atoms with Crippen molar-refractivity contribution in [3.63, 3.8) is 0 Å². The van der Waals surface area contributed by atoms with Gasteiger partial charge < -0.3 is 14.5 Å². The maximum atomic E-state index is 12.0. The number of rotatable bonds is 4. The Hall–Kier alpha value is -2.36. The summed E-state index contributed by atoms with van der Waals surface area (Å²) >= 11 is 0. The van der Waals surface area contributed by atoms with Crippen molar-refractivity contribution in [2.75, 3.05) is 7.11 Å². The topological polar surface area (TPSA) is 59.2 Å². The molecule has 2 rings (SSSR count). The molecule has 0 amide bonds. The summed E-state index contributed by atoms with van der Waals surface area (Å²) in [5.74, 6) is 0.718. The van der Waals surface area contributed by atoms with Crippen molar-refractivity contribution in [2.24, 2.45) is 0 Å². The van der Waals surface area contributed by atoms with Gasteiger partial charge in [0.25, 0.3) is 5.56 Å². The molecule has 0 bridgehead atoms. The normalized spacial score (nSPS) is 11.3. The van der Waals surface area contributed by atoms with Gasteiger partial charge in [0.2, 0.25) is 0 Å². The van der Waals surface area contributed by atoms with Crippen molar-refractivity contribution in [1.82, 2.24) is 4.98 Å². The summed E-state index contributed by atoms with van der Waals surface area (Å²) in [6, 6.07) is 7.39. The smallest absolute Gasteiger partial charge is 0.255 e. The van der Waals surface area contributed by atoms with Crippen molar-refractivity contribution in [1.29, 1.82) is 0 Å². The van der Waals surface area contributed by atoms with Gasteiger partial charge in [-0.05, 0) is 35.2 Å². The van der Waals surface area contributed by atoms with Crippen LogP contribution in [0.2, 0.25) is 0 Å². The maximum Gasteiger partial charge on any atom is 0.255 e. The van der Waals surface area contributed by atoms with Crippen LogP contribution < -0.4 is 10.3 Å². The summed E-state index contributed by atoms with van der Waals surface area (Å²) in [5, 5.41) is 0. The standard InChI is InChI=1S/C18H21NO3/c1-18(2,3)15-11-13(14-6-5-8-19-17(14)21)10-12(7-9-20)16(15)22-4/h5-6,8-11H,7H2,1-4H3,(H,19,21). The van der Waals surface area contributed by atoms with Gasteiger partial charge in [-0.1, -0.05) is 20.8 Å². The van der Waals surface area contributed by atoms with Gasteiger partial charge in [-0.15, -0.1) is 0 Å². The molecule has 1 N–H and O–H groups in total. The molecule has 1 aromatic carbocycles. The van der Waals surface area contributed by atoms with Crippen molar-refractivity contribution >= 4 is 6.29 Å². The van der Waals surface area contributed by atoms with Crippen LogP contribution in [0.1, 0.15) is 31.9 Å². The Morgan fingerprint density at radius 1 is 1.27 bits per heavy atom. The number of hydrogen-bond donors (Lipinski definition) is 1. The Balaban J connectivity index is 2.77. The molecule has 4 heteroatoms. The van der Waals surface area contributed by atoms with Crippen molar-refractivity contribution in [3.05, 3.63) is 51.9 Å². The van der Waals surface area contributed by atoms with Crippen LogP contribution in [0.3, 0.4) is 0 Å². The van der Waals surface area contributed by atoms with Crippen LogP contribution in [0.5, 0.6) is 5.75 Å². The van der Waals surface area contributed by atoms with E-state index in [0.29, 0.717) is 5.56 Å². The van der Waals surface area contributed by atoms with E-state index in [1.165, 1.54) is 0 Å². The molecule has 0 saturated heterocycles. The minimum Gasteiger partial charge on any atom is -0.496 e. The molecule has 1 aromatic heterocycles. The lowest BCUT2D eigenvalue weighted by Crippen LogP contribution is -2.15. The van der Waals surface area contributed by atoms with E-state index in [-0.39, 0.29) is 17.4 Å². The van der Waals surface area contributed by atoms with E-state index < -0.39 is 0 Å². The van der Waals surface area contributed by atoms with Gasteiger partial charge in [0.15, 0.2) is 0 Å². The first-order chi connectivity index (χ1) is 10.4. The Labute approximate surface area is 130 Å². The summed E-state index contributed by atoms with van der Waals surface area (Å²) in [6.45, 7) is 6.23. The number of hydrogen-bond acceptors (Lipinski definition) is 3. The van der Waals surface area contributed by atoms with Gasteiger partial charge in [0, 0.05) is 29.3 Å². The number of aldehydes is 1. The first kappa shape index (κ1) is 16.0. The second-order valence-corrected chi connectivity index (χ2v) is 6.25. The van der Waals surface area contributed by atoms with Gasteiger partial charge in [0.05, 0.1) is 7.11 Å². The molecule has 0 aliphatic carbocycles. The van der Waals surface area contributed by atoms with E-state index in [1.54, 1.807) is 25.4 Å². The number of ether oxygens (including phenoxy) is 1. The van der Waals surface area contributed by atoms with E-state index in [4.69, 9.17) is 4.74 Å². The molecule has 2 aromatic rings. The third kappa shape index (κ3) is 3.11. The minimum atomic E-state index is -0.166. The first-order valence-corrected chi connectivity index (χ1v) is 7.21. The molecule has 1 heterocycles. The number of aromatic nitrogens is 1. The van der Waals surface area contributed by atoms with E-state index >= 15 is 0 Å². The summed E-state index contributed by atoms with van der Waals surface area (Å²) in [5.41, 5.74) is 2.84. The Morgan fingerprint density at radius 3 is 2.55 bits per heavy atom. The SMILES string of the molecule is COc1c(CC=O)cc(-c2ccc[nH]c2=O)cc1C(C)(C)C. The number of carbonyl (C=O) groups is 1. The quantitative estimate of drug-likeness (QED) is 0.883. The van der Waals surface area contributed by atoms with Gasteiger partial charge in [0.1, 0.15) is 12.0 Å². The Kier molecular flexibility index (Phi) is 4.50. The molecule has 0 radical (unpaired) electrons. The monoisotopic (exact) mass is 299 g/mol. The lowest BCUT2D eigenvalue weighted by atomic mass is 9.83. The number of aromatic amines is 1. The van der Waals surface area contributed by atoms with Crippen LogP contribution in [-0.2, 0) is 16.6 Å². The zero-order valence-corrected chi connectivity index (χ0v) is 13.4. The molecule has 0 atom stereocenters. The average molecular weight is 299 g/mol. The fraction of sp³-hybridized carbons (Fsp3) is 0.333. The fourth-order valence-corrected chi connectivity index (χ4v) is 2.53. The number of H-pyrrole nitrogens is 1. The van der Waals surface area contributed by atoms with E-state index in [2.05, 4.69) is 25.8 Å². The van der Waals surface area contributed by atoms with Gasteiger partial charge in [-0.25, -0.2) is 0 Å². The highest BCUT2D eigenvalue weighted by molar-refractivity contribution is 5.70. The molecule has 0 unspecified atom stereocenters. The first-order valence-electron chi connectivity index (χ1n) is 7.21. The molecule has 0 aliphatic heterocycles. The lowest BCUT2D eigenvalue weighted by Gasteiger charge is -2.25. The second-order valence-electron chi connectivity index (χ2n) is 6.25. The van der Waals surface area contributed by atoms with Crippen molar-refractivity contribution < 1.29 is 9.53 Å². The van der Waals surface area contributed by atoms with E-state index in [0.717, 1.165) is 28.7 Å². The Morgan fingerprint density at radius 2 is 2.00 bits per heavy atom. The minimum absolute atomic E-state index is 0.149. The zero-order valence-electron chi connectivity index (χ0n) is 13.4. The van der Waals surface area contributed by atoms with Gasteiger partial charge in [-0.3, -0.25) is 4.79 Å². The lowest BCUT2D eigenvalue weighted by molar-refractivity contribution is -0.107. The largest absolute Gasteiger partial charge is 0.496 e. The predicted molar refractivity (Wildman–Crippen MR) is 87.5 cm³/mol. The molecular formula is C18H21NO3. The zero-order chi connectivity index (χ0) is 16.3.